The summed E-state index contributed by atoms with van der Waals surface area (Å²) in [5, 5.41) is 6.76. The van der Waals surface area contributed by atoms with Gasteiger partial charge >= 0.3 is 6.18 Å². The Balaban J connectivity index is 2.55. The first-order chi connectivity index (χ1) is 8.80. The summed E-state index contributed by atoms with van der Waals surface area (Å²) < 4.78 is 62.5. The fourth-order valence-corrected chi connectivity index (χ4v) is 1.85. The molecule has 0 atom stereocenters. The van der Waals surface area contributed by atoms with Crippen LogP contribution in [0.15, 0.2) is 16.9 Å². The average Bonchev–Trinajstić information content (AvgIpc) is 2.71. The van der Waals surface area contributed by atoms with E-state index in [0.717, 1.165) is 12.3 Å². The summed E-state index contributed by atoms with van der Waals surface area (Å²) >= 11 is 2.61. The molecule has 0 aromatic carbocycles. The van der Waals surface area contributed by atoms with Crippen LogP contribution in [0.25, 0.3) is 11.5 Å². The molecule has 0 radical (unpaired) electrons. The molecular formula is C9H4BrF5N4. The topological polar surface area (TPSA) is 54.5 Å². The predicted octanol–water partition coefficient (Wildman–Crippen LogP) is 3.59. The van der Waals surface area contributed by atoms with E-state index in [1.165, 1.54) is 0 Å². The predicted molar refractivity (Wildman–Crippen MR) is 57.3 cm³/mol. The summed E-state index contributed by atoms with van der Waals surface area (Å²) in [7, 11) is 0. The fourth-order valence-electron chi connectivity index (χ4n) is 1.35. The van der Waals surface area contributed by atoms with Gasteiger partial charge in [0, 0.05) is 0 Å². The van der Waals surface area contributed by atoms with Crippen LogP contribution in [0.4, 0.5) is 22.0 Å². The van der Waals surface area contributed by atoms with E-state index < -0.39 is 40.0 Å². The number of aromatic nitrogens is 4. The van der Waals surface area contributed by atoms with E-state index in [2.05, 4.69) is 31.1 Å². The van der Waals surface area contributed by atoms with Crippen LogP contribution < -0.4 is 0 Å². The Kier molecular flexibility index (Phi) is 3.52. The smallest absolute Gasteiger partial charge is 0.332 e. The van der Waals surface area contributed by atoms with Crippen molar-refractivity contribution in [1.29, 1.82) is 0 Å². The van der Waals surface area contributed by atoms with Gasteiger partial charge in [-0.25, -0.2) is 13.8 Å². The Bertz CT molecular complexity index is 595. The van der Waals surface area contributed by atoms with Crippen molar-refractivity contribution in [2.24, 2.45) is 0 Å². The Hall–Kier alpha value is -1.58. The van der Waals surface area contributed by atoms with Crippen molar-refractivity contribution in [3.63, 3.8) is 0 Å². The van der Waals surface area contributed by atoms with Crippen molar-refractivity contribution in [2.45, 2.75) is 12.6 Å². The van der Waals surface area contributed by atoms with Crippen molar-refractivity contribution in [3.8, 4) is 11.5 Å². The molecule has 2 rings (SSSR count). The summed E-state index contributed by atoms with van der Waals surface area (Å²) in [4.78, 5) is 5.41. The minimum atomic E-state index is -4.68. The summed E-state index contributed by atoms with van der Waals surface area (Å²) in [6, 6.07) is 0.969. The number of hydrogen-bond acceptors (Lipinski definition) is 3. The first-order valence-corrected chi connectivity index (χ1v) is 5.53. The lowest BCUT2D eigenvalue weighted by molar-refractivity contribution is -0.141. The molecule has 102 valence electrons. The van der Waals surface area contributed by atoms with Crippen LogP contribution in [-0.4, -0.2) is 20.2 Å². The van der Waals surface area contributed by atoms with Crippen molar-refractivity contribution < 1.29 is 22.0 Å². The number of aromatic amines is 1. The van der Waals surface area contributed by atoms with E-state index in [1.807, 2.05) is 4.98 Å². The molecule has 10 heteroatoms. The molecule has 0 aliphatic carbocycles. The molecule has 19 heavy (non-hydrogen) atoms. The Labute approximate surface area is 111 Å². The maximum atomic E-state index is 12.7. The number of hydrogen-bond donors (Lipinski definition) is 1. The van der Waals surface area contributed by atoms with Gasteiger partial charge in [-0.3, -0.25) is 0 Å². The highest BCUT2D eigenvalue weighted by molar-refractivity contribution is 9.10. The zero-order valence-electron chi connectivity index (χ0n) is 8.84. The molecule has 1 N–H and O–H groups in total. The van der Waals surface area contributed by atoms with Gasteiger partial charge < -0.3 is 4.98 Å². The fraction of sp³-hybridized carbons (Fsp3) is 0.222. The lowest BCUT2D eigenvalue weighted by Gasteiger charge is -2.04. The monoisotopic (exact) mass is 342 g/mol. The SMILES string of the molecule is FC(F)c1ccnnc1-c1nc(Br)c(C(F)(F)F)[nH]1. The average molecular weight is 343 g/mol. The van der Waals surface area contributed by atoms with Gasteiger partial charge in [0.15, 0.2) is 11.5 Å². The lowest BCUT2D eigenvalue weighted by Crippen LogP contribution is -2.06. The van der Waals surface area contributed by atoms with Crippen LogP contribution in [0.3, 0.4) is 0 Å². The number of nitrogens with zero attached hydrogens (tertiary/aromatic N) is 3. The summed E-state index contributed by atoms with van der Waals surface area (Å²) in [6.07, 6.45) is -6.56. The third-order valence-electron chi connectivity index (χ3n) is 2.15. The first-order valence-electron chi connectivity index (χ1n) is 4.73. The molecule has 0 saturated heterocycles. The number of rotatable bonds is 2. The highest BCUT2D eigenvalue weighted by atomic mass is 79.9. The van der Waals surface area contributed by atoms with E-state index in [4.69, 9.17) is 0 Å². The summed E-state index contributed by atoms with van der Waals surface area (Å²) in [5.74, 6) is -0.428. The minimum Gasteiger partial charge on any atom is -0.332 e. The molecule has 0 bridgehead atoms. The maximum Gasteiger partial charge on any atom is 0.433 e. The number of alkyl halides is 5. The van der Waals surface area contributed by atoms with Crippen molar-refractivity contribution >= 4 is 15.9 Å². The van der Waals surface area contributed by atoms with Crippen LogP contribution in [0.1, 0.15) is 17.7 Å². The largest absolute Gasteiger partial charge is 0.433 e. The second-order valence-corrected chi connectivity index (χ2v) is 4.14. The quantitative estimate of drug-likeness (QED) is 0.848. The minimum absolute atomic E-state index is 0.423. The standard InChI is InChI=1S/C9H4BrF5N4/c10-6-5(9(13,14)15)17-8(18-6)4-3(7(11)12)1-2-16-19-4/h1-2,7H,(H,17,18). The van der Waals surface area contributed by atoms with Gasteiger partial charge in [-0.2, -0.15) is 18.3 Å². The Morgan fingerprint density at radius 3 is 2.47 bits per heavy atom. The molecule has 0 aliphatic rings. The van der Waals surface area contributed by atoms with Gasteiger partial charge in [-0.15, -0.1) is 5.10 Å². The van der Waals surface area contributed by atoms with Crippen LogP contribution in [0.5, 0.6) is 0 Å². The lowest BCUT2D eigenvalue weighted by atomic mass is 10.2. The maximum absolute atomic E-state index is 12.7. The molecule has 2 aromatic rings. The Morgan fingerprint density at radius 2 is 1.95 bits per heavy atom. The Morgan fingerprint density at radius 1 is 1.26 bits per heavy atom. The van der Waals surface area contributed by atoms with Crippen molar-refractivity contribution in [1.82, 2.24) is 20.2 Å². The highest BCUT2D eigenvalue weighted by Gasteiger charge is 2.37. The molecular weight excluding hydrogens is 339 g/mol. The molecule has 0 saturated carbocycles. The molecule has 2 heterocycles. The molecule has 0 aliphatic heterocycles. The van der Waals surface area contributed by atoms with E-state index in [-0.39, 0.29) is 0 Å². The zero-order chi connectivity index (χ0) is 14.2. The van der Waals surface area contributed by atoms with Gasteiger partial charge in [0.25, 0.3) is 6.43 Å². The van der Waals surface area contributed by atoms with Crippen molar-refractivity contribution in [3.05, 3.63) is 28.1 Å². The van der Waals surface area contributed by atoms with E-state index in [1.54, 1.807) is 0 Å². The summed E-state index contributed by atoms with van der Waals surface area (Å²) in [5.41, 5.74) is -2.15. The van der Waals surface area contributed by atoms with E-state index >= 15 is 0 Å². The molecule has 0 fully saturated rings. The molecule has 0 unspecified atom stereocenters. The second-order valence-electron chi connectivity index (χ2n) is 3.38. The number of halogens is 6. The number of H-pyrrole nitrogens is 1. The molecule has 2 aromatic heterocycles. The normalized spacial score (nSPS) is 12.2. The molecule has 4 nitrogen and oxygen atoms in total. The summed E-state index contributed by atoms with van der Waals surface area (Å²) in [6.45, 7) is 0. The molecule has 0 amide bonds. The molecule has 0 spiro atoms. The third-order valence-corrected chi connectivity index (χ3v) is 2.73. The highest BCUT2D eigenvalue weighted by Crippen LogP contribution is 2.36. The van der Waals surface area contributed by atoms with Crippen LogP contribution in [-0.2, 0) is 6.18 Å². The van der Waals surface area contributed by atoms with Crippen LogP contribution >= 0.6 is 15.9 Å². The van der Waals surface area contributed by atoms with Gasteiger partial charge in [0.05, 0.1) is 11.8 Å². The van der Waals surface area contributed by atoms with Gasteiger partial charge in [-0.1, -0.05) is 0 Å². The van der Waals surface area contributed by atoms with Gasteiger partial charge in [-0.05, 0) is 22.0 Å². The number of nitrogens with one attached hydrogen (secondary N) is 1. The third kappa shape index (κ3) is 2.72. The van der Waals surface area contributed by atoms with E-state index in [0.29, 0.717) is 0 Å². The van der Waals surface area contributed by atoms with Gasteiger partial charge in [0.2, 0.25) is 0 Å². The van der Waals surface area contributed by atoms with Crippen LogP contribution in [0.2, 0.25) is 0 Å². The number of imidazole rings is 1. The van der Waals surface area contributed by atoms with Crippen molar-refractivity contribution in [2.75, 3.05) is 0 Å². The first kappa shape index (κ1) is 13.8. The van der Waals surface area contributed by atoms with Crippen LogP contribution in [0, 0.1) is 0 Å². The van der Waals surface area contributed by atoms with E-state index in [9.17, 15) is 22.0 Å². The van der Waals surface area contributed by atoms with Gasteiger partial charge in [0.1, 0.15) is 10.3 Å². The second kappa shape index (κ2) is 4.83. The zero-order valence-corrected chi connectivity index (χ0v) is 10.4.